The Morgan fingerprint density at radius 1 is 0.903 bits per heavy atom. The van der Waals surface area contributed by atoms with Crippen molar-refractivity contribution in [1.29, 1.82) is 0 Å². The Labute approximate surface area is 186 Å². The number of oxazole rings is 1. The smallest absolute Gasteiger partial charge is 0.226 e. The third-order valence-corrected chi connectivity index (χ3v) is 5.49. The maximum absolute atomic E-state index is 11.0. The minimum Gasteiger partial charge on any atom is -0.507 e. The van der Waals surface area contributed by atoms with Gasteiger partial charge in [0.15, 0.2) is 0 Å². The van der Waals surface area contributed by atoms with Crippen LogP contribution in [0.1, 0.15) is 69.7 Å². The van der Waals surface area contributed by atoms with Crippen LogP contribution in [0.25, 0.3) is 11.5 Å². The van der Waals surface area contributed by atoms with E-state index >= 15 is 0 Å². The van der Waals surface area contributed by atoms with Gasteiger partial charge in [0.1, 0.15) is 17.3 Å². The lowest BCUT2D eigenvalue weighted by atomic mass is 9.78. The summed E-state index contributed by atoms with van der Waals surface area (Å²) in [5.41, 5.74) is 4.39. The second-order valence-electron chi connectivity index (χ2n) is 10.4. The van der Waals surface area contributed by atoms with Crippen LogP contribution in [0.15, 0.2) is 40.8 Å². The fraction of sp³-hybridized carbons (Fsp3) is 0.444. The standard InChI is InChI=1S/C27H35NO3/c1-17-9-11-20(12-10-17)30-14-13-23-18(2)31-25(28-23)19-15-21(26(3,4)5)24(29)22(16-19)27(6,7)8/h9-12,15-16,29H,13-14H2,1-8H3. The maximum Gasteiger partial charge on any atom is 0.226 e. The third kappa shape index (κ3) is 5.30. The number of aromatic nitrogens is 1. The van der Waals surface area contributed by atoms with Crippen molar-refractivity contribution in [2.24, 2.45) is 0 Å². The molecule has 4 nitrogen and oxygen atoms in total. The van der Waals surface area contributed by atoms with Crippen molar-refractivity contribution in [3.05, 3.63) is 64.5 Å². The molecule has 0 fully saturated rings. The molecule has 4 heteroatoms. The number of aryl methyl sites for hydroxylation is 2. The number of hydrogen-bond donors (Lipinski definition) is 1. The fourth-order valence-electron chi connectivity index (χ4n) is 3.58. The molecular formula is C27H35NO3. The van der Waals surface area contributed by atoms with Gasteiger partial charge in [-0.05, 0) is 48.9 Å². The SMILES string of the molecule is Cc1ccc(OCCc2nc(-c3cc(C(C)(C)C)c(O)c(C(C)(C)C)c3)oc2C)cc1. The Hall–Kier alpha value is -2.75. The quantitative estimate of drug-likeness (QED) is 0.488. The van der Waals surface area contributed by atoms with E-state index in [2.05, 4.69) is 48.5 Å². The van der Waals surface area contributed by atoms with Crippen LogP contribution in [0.3, 0.4) is 0 Å². The Morgan fingerprint density at radius 3 is 1.97 bits per heavy atom. The molecule has 0 atom stereocenters. The van der Waals surface area contributed by atoms with Crippen molar-refractivity contribution < 1.29 is 14.3 Å². The molecule has 3 aromatic rings. The molecule has 0 unspecified atom stereocenters. The Bertz CT molecular complexity index is 1010. The topological polar surface area (TPSA) is 55.5 Å². The predicted molar refractivity (Wildman–Crippen MR) is 126 cm³/mol. The highest BCUT2D eigenvalue weighted by atomic mass is 16.5. The maximum atomic E-state index is 11.0. The number of phenolic OH excluding ortho intramolecular Hbond substituents is 1. The monoisotopic (exact) mass is 421 g/mol. The van der Waals surface area contributed by atoms with Crippen LogP contribution >= 0.6 is 0 Å². The highest BCUT2D eigenvalue weighted by molar-refractivity contribution is 5.63. The molecule has 166 valence electrons. The van der Waals surface area contributed by atoms with E-state index in [0.717, 1.165) is 33.9 Å². The molecule has 0 amide bonds. The first kappa shape index (κ1) is 22.9. The summed E-state index contributed by atoms with van der Waals surface area (Å²) in [7, 11) is 0. The summed E-state index contributed by atoms with van der Waals surface area (Å²) in [6, 6.07) is 12.0. The molecule has 0 aliphatic heterocycles. The van der Waals surface area contributed by atoms with E-state index < -0.39 is 0 Å². The number of rotatable bonds is 5. The third-order valence-electron chi connectivity index (χ3n) is 5.49. The Morgan fingerprint density at radius 2 is 1.45 bits per heavy atom. The van der Waals surface area contributed by atoms with Crippen molar-refractivity contribution in [3.63, 3.8) is 0 Å². The van der Waals surface area contributed by atoms with Gasteiger partial charge in [0.05, 0.1) is 12.3 Å². The van der Waals surface area contributed by atoms with E-state index in [1.165, 1.54) is 5.56 Å². The molecular weight excluding hydrogens is 386 g/mol. The molecule has 0 aliphatic rings. The van der Waals surface area contributed by atoms with E-state index in [9.17, 15) is 5.11 Å². The van der Waals surface area contributed by atoms with Crippen LogP contribution in [0.2, 0.25) is 0 Å². The molecule has 2 aromatic carbocycles. The molecule has 1 heterocycles. The summed E-state index contributed by atoms with van der Waals surface area (Å²) in [4.78, 5) is 4.77. The summed E-state index contributed by atoms with van der Waals surface area (Å²) in [5.74, 6) is 2.60. The molecule has 0 aliphatic carbocycles. The van der Waals surface area contributed by atoms with E-state index in [1.807, 2.05) is 43.3 Å². The van der Waals surface area contributed by atoms with Crippen LogP contribution in [0.5, 0.6) is 11.5 Å². The summed E-state index contributed by atoms with van der Waals surface area (Å²) in [5, 5.41) is 11.0. The normalized spacial score (nSPS) is 12.3. The number of benzene rings is 2. The number of aromatic hydroxyl groups is 1. The highest BCUT2D eigenvalue weighted by Gasteiger charge is 2.28. The van der Waals surface area contributed by atoms with Crippen molar-refractivity contribution in [2.45, 2.75) is 72.6 Å². The van der Waals surface area contributed by atoms with Gasteiger partial charge in [-0.25, -0.2) is 4.98 Å². The van der Waals surface area contributed by atoms with Crippen molar-refractivity contribution in [1.82, 2.24) is 4.98 Å². The lowest BCUT2D eigenvalue weighted by molar-refractivity contribution is 0.320. The molecule has 1 aromatic heterocycles. The predicted octanol–water partition coefficient (Wildman–Crippen LogP) is 6.88. The fourth-order valence-corrected chi connectivity index (χ4v) is 3.58. The van der Waals surface area contributed by atoms with Gasteiger partial charge in [0, 0.05) is 23.1 Å². The zero-order valence-electron chi connectivity index (χ0n) is 20.1. The molecule has 0 saturated heterocycles. The van der Waals surface area contributed by atoms with E-state index in [0.29, 0.717) is 24.7 Å². The number of nitrogens with zero attached hydrogens (tertiary/aromatic N) is 1. The minimum atomic E-state index is -0.202. The number of hydrogen-bond acceptors (Lipinski definition) is 4. The number of ether oxygens (including phenoxy) is 1. The van der Waals surface area contributed by atoms with Gasteiger partial charge in [0.2, 0.25) is 5.89 Å². The molecule has 0 radical (unpaired) electrons. The molecule has 1 N–H and O–H groups in total. The van der Waals surface area contributed by atoms with Gasteiger partial charge in [-0.1, -0.05) is 59.2 Å². The first-order valence-corrected chi connectivity index (χ1v) is 10.9. The minimum absolute atomic E-state index is 0.202. The average molecular weight is 422 g/mol. The van der Waals surface area contributed by atoms with Crippen LogP contribution < -0.4 is 4.74 Å². The Kier molecular flexibility index (Phi) is 6.22. The molecule has 0 spiro atoms. The molecule has 3 rings (SSSR count). The molecule has 0 bridgehead atoms. The number of phenols is 1. The first-order chi connectivity index (χ1) is 14.4. The summed E-state index contributed by atoms with van der Waals surface area (Å²) in [6.07, 6.45) is 0.666. The highest BCUT2D eigenvalue weighted by Crippen LogP contribution is 2.42. The van der Waals surface area contributed by atoms with Crippen molar-refractivity contribution >= 4 is 0 Å². The molecule has 31 heavy (non-hydrogen) atoms. The van der Waals surface area contributed by atoms with Gasteiger partial charge < -0.3 is 14.3 Å². The summed E-state index contributed by atoms with van der Waals surface area (Å²) in [6.45, 7) is 17.2. The zero-order chi connectivity index (χ0) is 23.0. The zero-order valence-corrected chi connectivity index (χ0v) is 20.1. The lowest BCUT2D eigenvalue weighted by Gasteiger charge is -2.27. The van der Waals surface area contributed by atoms with E-state index in [4.69, 9.17) is 14.1 Å². The van der Waals surface area contributed by atoms with Crippen LogP contribution in [-0.4, -0.2) is 16.7 Å². The van der Waals surface area contributed by atoms with Gasteiger partial charge >= 0.3 is 0 Å². The van der Waals surface area contributed by atoms with E-state index in [-0.39, 0.29) is 10.8 Å². The van der Waals surface area contributed by atoms with Crippen LogP contribution in [0, 0.1) is 13.8 Å². The first-order valence-electron chi connectivity index (χ1n) is 10.9. The van der Waals surface area contributed by atoms with Gasteiger partial charge in [-0.15, -0.1) is 0 Å². The van der Waals surface area contributed by atoms with Gasteiger partial charge in [-0.3, -0.25) is 0 Å². The van der Waals surface area contributed by atoms with Crippen LogP contribution in [-0.2, 0) is 17.3 Å². The second kappa shape index (κ2) is 8.41. The van der Waals surface area contributed by atoms with Gasteiger partial charge in [-0.2, -0.15) is 0 Å². The second-order valence-corrected chi connectivity index (χ2v) is 10.4. The average Bonchev–Trinajstić information content (AvgIpc) is 3.02. The largest absolute Gasteiger partial charge is 0.507 e. The van der Waals surface area contributed by atoms with Gasteiger partial charge in [0.25, 0.3) is 0 Å². The summed E-state index contributed by atoms with van der Waals surface area (Å²) >= 11 is 0. The van der Waals surface area contributed by atoms with Crippen molar-refractivity contribution in [3.8, 4) is 23.0 Å². The van der Waals surface area contributed by atoms with Crippen LogP contribution in [0.4, 0.5) is 0 Å². The lowest BCUT2D eigenvalue weighted by Crippen LogP contribution is -2.17. The molecule has 0 saturated carbocycles. The Balaban J connectivity index is 1.88. The summed E-state index contributed by atoms with van der Waals surface area (Å²) < 4.78 is 11.9. The van der Waals surface area contributed by atoms with E-state index in [1.54, 1.807) is 0 Å². The van der Waals surface area contributed by atoms with Crippen molar-refractivity contribution in [2.75, 3.05) is 6.61 Å².